The monoisotopic (exact) mass is 291 g/mol. The van der Waals surface area contributed by atoms with Crippen LogP contribution in [-0.2, 0) is 13.5 Å². The highest BCUT2D eigenvalue weighted by Gasteiger charge is 2.17. The molecule has 0 saturated heterocycles. The molecule has 106 valence electrons. The lowest BCUT2D eigenvalue weighted by Gasteiger charge is -2.08. The van der Waals surface area contributed by atoms with Crippen LogP contribution in [0.15, 0.2) is 24.3 Å². The zero-order chi connectivity index (χ0) is 14.7. The van der Waals surface area contributed by atoms with Gasteiger partial charge < -0.3 is 15.6 Å². The second-order valence-electron chi connectivity index (χ2n) is 4.47. The van der Waals surface area contributed by atoms with Crippen molar-refractivity contribution in [3.8, 4) is 11.6 Å². The summed E-state index contributed by atoms with van der Waals surface area (Å²) >= 11 is 5.04. The van der Waals surface area contributed by atoms with Crippen molar-refractivity contribution < 1.29 is 9.84 Å². The number of benzene rings is 1. The Morgan fingerprint density at radius 1 is 1.40 bits per heavy atom. The van der Waals surface area contributed by atoms with Crippen molar-refractivity contribution in [1.29, 1.82) is 0 Å². The van der Waals surface area contributed by atoms with Crippen molar-refractivity contribution in [1.82, 2.24) is 9.78 Å². The molecule has 1 aromatic carbocycles. The summed E-state index contributed by atoms with van der Waals surface area (Å²) in [5.74, 6) is 1.21. The van der Waals surface area contributed by atoms with Gasteiger partial charge in [0.2, 0.25) is 5.88 Å². The summed E-state index contributed by atoms with van der Waals surface area (Å²) in [6, 6.07) is 7.51. The molecule has 0 bridgehead atoms. The van der Waals surface area contributed by atoms with Crippen LogP contribution in [0.4, 0.5) is 0 Å². The first-order valence-corrected chi connectivity index (χ1v) is 6.64. The normalized spacial score (nSPS) is 10.6. The van der Waals surface area contributed by atoms with Gasteiger partial charge in [-0.3, -0.25) is 0 Å². The summed E-state index contributed by atoms with van der Waals surface area (Å²) in [5, 5.41) is 13.2. The highest BCUT2D eigenvalue weighted by molar-refractivity contribution is 7.80. The number of hydrogen-bond donors (Lipinski definition) is 2. The number of aryl methyl sites for hydroxylation is 2. The lowest BCUT2D eigenvalue weighted by atomic mass is 10.1. The van der Waals surface area contributed by atoms with Gasteiger partial charge in [0.1, 0.15) is 10.7 Å². The quantitative estimate of drug-likeness (QED) is 0.820. The molecule has 0 aliphatic rings. The molecule has 0 aliphatic heterocycles. The predicted molar refractivity (Wildman–Crippen MR) is 81.1 cm³/mol. The average molecular weight is 291 g/mol. The Morgan fingerprint density at radius 3 is 2.60 bits per heavy atom. The van der Waals surface area contributed by atoms with Crippen molar-refractivity contribution in [2.24, 2.45) is 12.8 Å². The molecule has 0 spiro atoms. The molecule has 0 atom stereocenters. The lowest BCUT2D eigenvalue weighted by Crippen LogP contribution is -2.11. The summed E-state index contributed by atoms with van der Waals surface area (Å²) in [4.78, 5) is 0.266. The molecule has 5 nitrogen and oxygen atoms in total. The zero-order valence-electron chi connectivity index (χ0n) is 11.5. The van der Waals surface area contributed by atoms with Gasteiger partial charge in [-0.15, -0.1) is 0 Å². The van der Waals surface area contributed by atoms with E-state index in [1.54, 1.807) is 11.7 Å². The van der Waals surface area contributed by atoms with E-state index in [1.165, 1.54) is 0 Å². The topological polar surface area (TPSA) is 73.3 Å². The number of aliphatic hydroxyl groups is 1. The van der Waals surface area contributed by atoms with Crippen LogP contribution in [-0.4, -0.2) is 26.5 Å². The van der Waals surface area contributed by atoms with Gasteiger partial charge in [0.15, 0.2) is 0 Å². The van der Waals surface area contributed by atoms with E-state index in [-0.39, 0.29) is 11.6 Å². The van der Waals surface area contributed by atoms with Gasteiger partial charge in [-0.25, -0.2) is 4.68 Å². The Hall–Kier alpha value is -1.92. The fourth-order valence-electron chi connectivity index (χ4n) is 2.00. The summed E-state index contributed by atoms with van der Waals surface area (Å²) in [7, 11) is 1.78. The van der Waals surface area contributed by atoms with E-state index in [1.807, 2.05) is 31.2 Å². The number of thiocarbonyl (C=S) groups is 1. The third-order valence-electron chi connectivity index (χ3n) is 2.95. The summed E-state index contributed by atoms with van der Waals surface area (Å²) < 4.78 is 7.44. The number of rotatable bonds is 5. The number of nitrogens with two attached hydrogens (primary N) is 1. The van der Waals surface area contributed by atoms with Crippen LogP contribution in [0, 0.1) is 6.92 Å². The molecule has 0 radical (unpaired) electrons. The molecule has 0 aliphatic carbocycles. The summed E-state index contributed by atoms with van der Waals surface area (Å²) in [5.41, 5.74) is 8.16. The average Bonchev–Trinajstić information content (AvgIpc) is 2.67. The fraction of sp³-hybridized carbons (Fsp3) is 0.286. The second kappa shape index (κ2) is 6.02. The number of aliphatic hydroxyl groups excluding tert-OH is 1. The van der Waals surface area contributed by atoms with Crippen LogP contribution < -0.4 is 10.5 Å². The van der Waals surface area contributed by atoms with Crippen LogP contribution in [0.3, 0.4) is 0 Å². The molecule has 6 heteroatoms. The lowest BCUT2D eigenvalue weighted by molar-refractivity contribution is 0.299. The molecule has 1 heterocycles. The largest absolute Gasteiger partial charge is 0.439 e. The van der Waals surface area contributed by atoms with E-state index in [9.17, 15) is 0 Å². The summed E-state index contributed by atoms with van der Waals surface area (Å²) in [6.45, 7) is 1.97. The molecule has 2 aromatic rings. The summed E-state index contributed by atoms with van der Waals surface area (Å²) in [6.07, 6.45) is 0.628. The number of hydrogen-bond acceptors (Lipinski definition) is 4. The molecule has 3 N–H and O–H groups in total. The molecule has 1 aromatic heterocycles. The fourth-order valence-corrected chi connectivity index (χ4v) is 2.24. The molecule has 2 rings (SSSR count). The third-order valence-corrected chi connectivity index (χ3v) is 3.16. The predicted octanol–water partition coefficient (Wildman–Crippen LogP) is 1.69. The standard InChI is InChI=1S/C14H17N3O2S/c1-9-12(13(15)20)14(17(2)16-9)19-11-5-3-10(4-6-11)7-8-18/h3-6,18H,7-8H2,1-2H3,(H2,15,20). The Balaban J connectivity index is 2.28. The van der Waals surface area contributed by atoms with Crippen molar-refractivity contribution in [2.45, 2.75) is 13.3 Å². The first kappa shape index (κ1) is 14.5. The number of aromatic nitrogens is 2. The zero-order valence-corrected chi connectivity index (χ0v) is 12.3. The van der Waals surface area contributed by atoms with Crippen LogP contribution in [0.5, 0.6) is 11.6 Å². The van der Waals surface area contributed by atoms with Crippen LogP contribution >= 0.6 is 12.2 Å². The first-order valence-electron chi connectivity index (χ1n) is 6.24. The molecular weight excluding hydrogens is 274 g/mol. The minimum Gasteiger partial charge on any atom is -0.439 e. The van der Waals surface area contributed by atoms with Crippen molar-refractivity contribution in [2.75, 3.05) is 6.61 Å². The number of ether oxygens (including phenoxy) is 1. The Labute approximate surface area is 123 Å². The van der Waals surface area contributed by atoms with Gasteiger partial charge in [0.25, 0.3) is 0 Å². The van der Waals surface area contributed by atoms with Crippen LogP contribution in [0.25, 0.3) is 0 Å². The molecule has 0 amide bonds. The molecule has 20 heavy (non-hydrogen) atoms. The number of nitrogens with zero attached hydrogens (tertiary/aromatic N) is 2. The van der Waals surface area contributed by atoms with Gasteiger partial charge in [-0.2, -0.15) is 5.10 Å². The molecule has 0 unspecified atom stereocenters. The van der Waals surface area contributed by atoms with Gasteiger partial charge in [-0.05, 0) is 31.0 Å². The molecule has 0 fully saturated rings. The van der Waals surface area contributed by atoms with Crippen molar-refractivity contribution in [3.63, 3.8) is 0 Å². The smallest absolute Gasteiger partial charge is 0.228 e. The van der Waals surface area contributed by atoms with E-state index in [0.717, 1.165) is 11.3 Å². The highest BCUT2D eigenvalue weighted by atomic mass is 32.1. The van der Waals surface area contributed by atoms with E-state index in [2.05, 4.69) is 5.10 Å². The molecular formula is C14H17N3O2S. The minimum atomic E-state index is 0.132. The van der Waals surface area contributed by atoms with E-state index in [4.69, 9.17) is 27.8 Å². The molecule has 0 saturated carbocycles. The van der Waals surface area contributed by atoms with Crippen molar-refractivity contribution >= 4 is 17.2 Å². The third kappa shape index (κ3) is 2.97. The second-order valence-corrected chi connectivity index (χ2v) is 4.91. The minimum absolute atomic E-state index is 0.132. The maximum atomic E-state index is 8.89. The Morgan fingerprint density at radius 2 is 2.05 bits per heavy atom. The highest BCUT2D eigenvalue weighted by Crippen LogP contribution is 2.27. The maximum Gasteiger partial charge on any atom is 0.228 e. The first-order chi connectivity index (χ1) is 9.52. The van der Waals surface area contributed by atoms with Gasteiger partial charge >= 0.3 is 0 Å². The maximum absolute atomic E-state index is 8.89. The Bertz CT molecular complexity index is 620. The van der Waals surface area contributed by atoms with Gasteiger partial charge in [0.05, 0.1) is 11.3 Å². The van der Waals surface area contributed by atoms with Crippen LogP contribution in [0.1, 0.15) is 16.8 Å². The van der Waals surface area contributed by atoms with E-state index < -0.39 is 0 Å². The van der Waals surface area contributed by atoms with E-state index >= 15 is 0 Å². The van der Waals surface area contributed by atoms with Gasteiger partial charge in [0, 0.05) is 13.7 Å². The van der Waals surface area contributed by atoms with Crippen molar-refractivity contribution in [3.05, 3.63) is 41.1 Å². The van der Waals surface area contributed by atoms with E-state index in [0.29, 0.717) is 23.6 Å². The van der Waals surface area contributed by atoms with Crippen LogP contribution in [0.2, 0.25) is 0 Å². The SMILES string of the molecule is Cc1nn(C)c(Oc2ccc(CCO)cc2)c1C(N)=S. The van der Waals surface area contributed by atoms with Gasteiger partial charge in [-0.1, -0.05) is 24.4 Å². The Kier molecular flexibility index (Phi) is 4.36.